The van der Waals surface area contributed by atoms with Gasteiger partial charge in [-0.15, -0.1) is 0 Å². The Bertz CT molecular complexity index is 983. The third-order valence-electron chi connectivity index (χ3n) is 4.04. The van der Waals surface area contributed by atoms with Gasteiger partial charge in [0, 0.05) is 12.2 Å². The summed E-state index contributed by atoms with van der Waals surface area (Å²) in [7, 11) is 0. The molecule has 0 bridgehead atoms. The number of benzene rings is 3. The van der Waals surface area contributed by atoms with Gasteiger partial charge in [0.15, 0.2) is 0 Å². The molecule has 0 spiro atoms. The van der Waals surface area contributed by atoms with E-state index < -0.39 is 11.9 Å². The first-order chi connectivity index (χ1) is 14.0. The molecular weight excluding hydrogens is 371 g/mol. The SMILES string of the molecule is C=CC(=O)Oc1ccc(-c2cc(F)cc(-c3ccc(OC(=O)C=C)cc3)c2)cc1. The summed E-state index contributed by atoms with van der Waals surface area (Å²) in [6.07, 6.45) is 2.16. The number of esters is 2. The van der Waals surface area contributed by atoms with E-state index in [9.17, 15) is 14.0 Å². The molecule has 0 radical (unpaired) electrons. The summed E-state index contributed by atoms with van der Waals surface area (Å²) in [4.78, 5) is 22.5. The van der Waals surface area contributed by atoms with Crippen molar-refractivity contribution < 1.29 is 23.5 Å². The van der Waals surface area contributed by atoms with Gasteiger partial charge >= 0.3 is 11.9 Å². The minimum atomic E-state index is -0.548. The summed E-state index contributed by atoms with van der Waals surface area (Å²) in [5.74, 6) is -0.734. The fourth-order valence-corrected chi connectivity index (χ4v) is 2.67. The van der Waals surface area contributed by atoms with E-state index in [1.165, 1.54) is 12.1 Å². The fourth-order valence-electron chi connectivity index (χ4n) is 2.67. The highest BCUT2D eigenvalue weighted by Gasteiger charge is 2.08. The molecule has 0 aliphatic rings. The lowest BCUT2D eigenvalue weighted by atomic mass is 9.98. The first kappa shape index (κ1) is 19.8. The van der Waals surface area contributed by atoms with Gasteiger partial charge in [-0.25, -0.2) is 14.0 Å². The van der Waals surface area contributed by atoms with E-state index in [-0.39, 0.29) is 5.82 Å². The standard InChI is InChI=1S/C24H17FO4/c1-3-23(26)28-21-9-5-16(6-10-21)18-13-19(15-20(25)14-18)17-7-11-22(12-8-17)29-24(27)4-2/h3-15H,1-2H2. The number of rotatable bonds is 6. The Morgan fingerprint density at radius 2 is 1.03 bits per heavy atom. The smallest absolute Gasteiger partial charge is 0.335 e. The zero-order valence-corrected chi connectivity index (χ0v) is 15.4. The predicted octanol–water partition coefficient (Wildman–Crippen LogP) is 5.34. The maximum Gasteiger partial charge on any atom is 0.335 e. The Labute approximate surface area is 167 Å². The number of carbonyl (C=O) groups excluding carboxylic acids is 2. The largest absolute Gasteiger partial charge is 0.423 e. The quantitative estimate of drug-likeness (QED) is 0.325. The van der Waals surface area contributed by atoms with Crippen molar-refractivity contribution in [3.05, 3.63) is 97.9 Å². The highest BCUT2D eigenvalue weighted by atomic mass is 19.1. The molecule has 0 aromatic heterocycles. The van der Waals surface area contributed by atoms with Crippen LogP contribution in [-0.4, -0.2) is 11.9 Å². The van der Waals surface area contributed by atoms with Gasteiger partial charge in [0.05, 0.1) is 0 Å². The van der Waals surface area contributed by atoms with Crippen LogP contribution in [0.25, 0.3) is 22.3 Å². The van der Waals surface area contributed by atoms with Crippen LogP contribution in [0.4, 0.5) is 4.39 Å². The normalized spacial score (nSPS) is 10.1. The lowest BCUT2D eigenvalue weighted by Gasteiger charge is -2.09. The van der Waals surface area contributed by atoms with Crippen molar-refractivity contribution in [3.8, 4) is 33.8 Å². The topological polar surface area (TPSA) is 52.6 Å². The molecule has 3 aromatic rings. The second-order valence-electron chi connectivity index (χ2n) is 6.03. The lowest BCUT2D eigenvalue weighted by Crippen LogP contribution is -2.02. The molecule has 3 rings (SSSR count). The number of hydrogen-bond acceptors (Lipinski definition) is 4. The lowest BCUT2D eigenvalue weighted by molar-refractivity contribution is -0.129. The molecule has 144 valence electrons. The zero-order valence-electron chi connectivity index (χ0n) is 15.4. The van der Waals surface area contributed by atoms with Crippen molar-refractivity contribution in [1.29, 1.82) is 0 Å². The van der Waals surface area contributed by atoms with Crippen LogP contribution in [0, 0.1) is 5.82 Å². The van der Waals surface area contributed by atoms with Crippen molar-refractivity contribution >= 4 is 11.9 Å². The molecule has 0 heterocycles. The van der Waals surface area contributed by atoms with Crippen molar-refractivity contribution in [2.24, 2.45) is 0 Å². The summed E-state index contributed by atoms with van der Waals surface area (Å²) in [5.41, 5.74) is 2.87. The summed E-state index contributed by atoms with van der Waals surface area (Å²) in [5, 5.41) is 0. The van der Waals surface area contributed by atoms with Crippen LogP contribution in [0.1, 0.15) is 0 Å². The van der Waals surface area contributed by atoms with Crippen molar-refractivity contribution in [2.45, 2.75) is 0 Å². The second-order valence-corrected chi connectivity index (χ2v) is 6.03. The molecule has 29 heavy (non-hydrogen) atoms. The fraction of sp³-hybridized carbons (Fsp3) is 0. The monoisotopic (exact) mass is 388 g/mol. The number of halogens is 1. The maximum absolute atomic E-state index is 14.2. The third kappa shape index (κ3) is 5.05. The van der Waals surface area contributed by atoms with Gasteiger partial charge in [0.1, 0.15) is 17.3 Å². The van der Waals surface area contributed by atoms with Crippen LogP contribution in [0.15, 0.2) is 92.0 Å². The number of carbonyl (C=O) groups is 2. The maximum atomic E-state index is 14.2. The molecule has 0 unspecified atom stereocenters. The van der Waals surface area contributed by atoms with E-state index >= 15 is 0 Å². The summed E-state index contributed by atoms with van der Waals surface area (Å²) in [6.45, 7) is 6.70. The van der Waals surface area contributed by atoms with Gasteiger partial charge in [0.25, 0.3) is 0 Å². The molecule has 3 aromatic carbocycles. The summed E-state index contributed by atoms with van der Waals surface area (Å²) >= 11 is 0. The number of ether oxygens (including phenoxy) is 2. The molecule has 0 fully saturated rings. The average Bonchev–Trinajstić information content (AvgIpc) is 2.74. The minimum absolute atomic E-state index is 0.375. The molecule has 5 heteroatoms. The van der Waals surface area contributed by atoms with E-state index in [0.29, 0.717) is 22.6 Å². The molecule has 0 atom stereocenters. The van der Waals surface area contributed by atoms with E-state index in [1.807, 2.05) is 6.07 Å². The van der Waals surface area contributed by atoms with Gasteiger partial charge in [0.2, 0.25) is 0 Å². The molecule has 4 nitrogen and oxygen atoms in total. The molecule has 0 N–H and O–H groups in total. The van der Waals surface area contributed by atoms with Crippen molar-refractivity contribution in [2.75, 3.05) is 0 Å². The molecule has 0 aliphatic carbocycles. The van der Waals surface area contributed by atoms with Crippen LogP contribution >= 0.6 is 0 Å². The first-order valence-electron chi connectivity index (χ1n) is 8.68. The average molecular weight is 388 g/mol. The highest BCUT2D eigenvalue weighted by Crippen LogP contribution is 2.30. The van der Waals surface area contributed by atoms with E-state index in [4.69, 9.17) is 9.47 Å². The van der Waals surface area contributed by atoms with E-state index in [0.717, 1.165) is 23.3 Å². The Morgan fingerprint density at radius 1 is 0.655 bits per heavy atom. The zero-order chi connectivity index (χ0) is 20.8. The van der Waals surface area contributed by atoms with Gasteiger partial charge in [-0.05, 0) is 64.7 Å². The summed E-state index contributed by atoms with van der Waals surface area (Å²) in [6, 6.07) is 18.2. The predicted molar refractivity (Wildman–Crippen MR) is 109 cm³/mol. The van der Waals surface area contributed by atoms with Crippen molar-refractivity contribution in [1.82, 2.24) is 0 Å². The first-order valence-corrected chi connectivity index (χ1v) is 8.68. The van der Waals surface area contributed by atoms with Gasteiger partial charge in [-0.3, -0.25) is 0 Å². The van der Waals surface area contributed by atoms with Crippen LogP contribution in [0.2, 0.25) is 0 Å². The molecule has 0 aliphatic heterocycles. The van der Waals surface area contributed by atoms with Gasteiger partial charge < -0.3 is 9.47 Å². The Kier molecular flexibility index (Phi) is 6.00. The Morgan fingerprint density at radius 3 is 1.38 bits per heavy atom. The van der Waals surface area contributed by atoms with E-state index in [2.05, 4.69) is 13.2 Å². The summed E-state index contributed by atoms with van der Waals surface area (Å²) < 4.78 is 24.3. The molecular formula is C24H17FO4. The molecule has 0 amide bonds. The third-order valence-corrected chi connectivity index (χ3v) is 4.04. The Balaban J connectivity index is 1.86. The van der Waals surface area contributed by atoms with Gasteiger partial charge in [-0.2, -0.15) is 0 Å². The van der Waals surface area contributed by atoms with Gasteiger partial charge in [-0.1, -0.05) is 37.4 Å². The van der Waals surface area contributed by atoms with E-state index in [1.54, 1.807) is 48.5 Å². The second kappa shape index (κ2) is 8.80. The minimum Gasteiger partial charge on any atom is -0.423 e. The Hall–Kier alpha value is -3.99. The van der Waals surface area contributed by atoms with Crippen LogP contribution < -0.4 is 9.47 Å². The van der Waals surface area contributed by atoms with Crippen LogP contribution in [0.5, 0.6) is 11.5 Å². The molecule has 0 saturated carbocycles. The number of hydrogen-bond donors (Lipinski definition) is 0. The van der Waals surface area contributed by atoms with Crippen molar-refractivity contribution in [3.63, 3.8) is 0 Å². The van der Waals surface area contributed by atoms with Crippen LogP contribution in [-0.2, 0) is 9.59 Å². The highest BCUT2D eigenvalue weighted by molar-refractivity contribution is 5.84. The molecule has 0 saturated heterocycles. The van der Waals surface area contributed by atoms with Crippen LogP contribution in [0.3, 0.4) is 0 Å².